The van der Waals surface area contributed by atoms with Gasteiger partial charge in [0.05, 0.1) is 24.8 Å². The van der Waals surface area contributed by atoms with Crippen molar-refractivity contribution in [3.8, 4) is 6.07 Å². The standard InChI is InChI=1S/C15H17FN2O3/c1-21-10-9-18(8-2-7-17)14-5-3-12(11-13(14)16)4-6-15(19)20/h3-6,11H,2,8-10H2,1H3,(H,19,20). The summed E-state index contributed by atoms with van der Waals surface area (Å²) in [5.41, 5.74) is 0.834. The zero-order valence-electron chi connectivity index (χ0n) is 11.8. The molecule has 5 nitrogen and oxygen atoms in total. The molecule has 0 fully saturated rings. The molecule has 0 amide bonds. The Kier molecular flexibility index (Phi) is 6.92. The Bertz CT molecular complexity index is 552. The average Bonchev–Trinajstić information content (AvgIpc) is 2.46. The van der Waals surface area contributed by atoms with Crippen molar-refractivity contribution in [1.82, 2.24) is 0 Å². The number of carboxylic acids is 1. The minimum absolute atomic E-state index is 0.282. The molecule has 1 rings (SSSR count). The topological polar surface area (TPSA) is 73.6 Å². The van der Waals surface area contributed by atoms with Crippen molar-refractivity contribution in [3.05, 3.63) is 35.7 Å². The molecular formula is C15H17FN2O3. The maximum atomic E-state index is 14.1. The lowest BCUT2D eigenvalue weighted by Gasteiger charge is -2.24. The molecule has 1 aromatic carbocycles. The third kappa shape index (κ3) is 5.63. The van der Waals surface area contributed by atoms with Gasteiger partial charge in [0.25, 0.3) is 0 Å². The first kappa shape index (κ1) is 16.7. The summed E-state index contributed by atoms with van der Waals surface area (Å²) in [7, 11) is 1.55. The van der Waals surface area contributed by atoms with Crippen LogP contribution in [0, 0.1) is 17.1 Å². The molecule has 1 aromatic rings. The van der Waals surface area contributed by atoms with Crippen molar-refractivity contribution in [1.29, 1.82) is 5.26 Å². The second kappa shape index (κ2) is 8.72. The van der Waals surface area contributed by atoms with Crippen molar-refractivity contribution < 1.29 is 19.0 Å². The molecule has 0 aliphatic heterocycles. The van der Waals surface area contributed by atoms with Crippen molar-refractivity contribution in [2.24, 2.45) is 0 Å². The maximum Gasteiger partial charge on any atom is 0.328 e. The number of benzene rings is 1. The van der Waals surface area contributed by atoms with E-state index in [-0.39, 0.29) is 6.42 Å². The summed E-state index contributed by atoms with van der Waals surface area (Å²) in [5, 5.41) is 17.2. The molecule has 0 bridgehead atoms. The van der Waals surface area contributed by atoms with Crippen LogP contribution in [0.4, 0.5) is 10.1 Å². The molecule has 0 aliphatic carbocycles. The molecule has 6 heteroatoms. The highest BCUT2D eigenvalue weighted by molar-refractivity contribution is 5.85. The number of carbonyl (C=O) groups is 1. The summed E-state index contributed by atoms with van der Waals surface area (Å²) < 4.78 is 19.1. The molecule has 0 saturated heterocycles. The first-order valence-electron chi connectivity index (χ1n) is 6.40. The van der Waals surface area contributed by atoms with E-state index in [1.54, 1.807) is 24.1 Å². The van der Waals surface area contributed by atoms with Gasteiger partial charge in [0.1, 0.15) is 5.82 Å². The Hall–Kier alpha value is -2.39. The number of anilines is 1. The molecular weight excluding hydrogens is 275 g/mol. The van der Waals surface area contributed by atoms with E-state index in [1.165, 1.54) is 12.1 Å². The SMILES string of the molecule is COCCN(CCC#N)c1ccc(C=CC(=O)O)cc1F. The third-order valence-corrected chi connectivity index (χ3v) is 2.79. The maximum absolute atomic E-state index is 14.1. The number of carboxylic acid groups (broad SMARTS) is 1. The summed E-state index contributed by atoms with van der Waals surface area (Å²) in [6, 6.07) is 6.49. The van der Waals surface area contributed by atoms with Gasteiger partial charge in [-0.25, -0.2) is 9.18 Å². The third-order valence-electron chi connectivity index (χ3n) is 2.79. The van der Waals surface area contributed by atoms with E-state index in [1.807, 2.05) is 6.07 Å². The molecule has 0 heterocycles. The van der Waals surface area contributed by atoms with Crippen LogP contribution >= 0.6 is 0 Å². The number of methoxy groups -OCH3 is 1. The van der Waals surface area contributed by atoms with Gasteiger partial charge in [-0.2, -0.15) is 5.26 Å². The van der Waals surface area contributed by atoms with Crippen molar-refractivity contribution in [2.75, 3.05) is 31.7 Å². The predicted molar refractivity (Wildman–Crippen MR) is 77.4 cm³/mol. The Morgan fingerprint density at radius 3 is 2.86 bits per heavy atom. The molecule has 0 aliphatic rings. The lowest BCUT2D eigenvalue weighted by atomic mass is 10.1. The fourth-order valence-electron chi connectivity index (χ4n) is 1.79. The Morgan fingerprint density at radius 1 is 1.52 bits per heavy atom. The van der Waals surface area contributed by atoms with Gasteiger partial charge >= 0.3 is 5.97 Å². The number of aliphatic carboxylic acids is 1. The molecule has 0 unspecified atom stereocenters. The molecule has 0 atom stereocenters. The van der Waals surface area contributed by atoms with Gasteiger partial charge < -0.3 is 14.7 Å². The van der Waals surface area contributed by atoms with E-state index < -0.39 is 11.8 Å². The van der Waals surface area contributed by atoms with E-state index in [0.717, 1.165) is 6.08 Å². The fraction of sp³-hybridized carbons (Fsp3) is 0.333. The quantitative estimate of drug-likeness (QED) is 0.744. The first-order valence-corrected chi connectivity index (χ1v) is 6.40. The van der Waals surface area contributed by atoms with Crippen LogP contribution in [0.1, 0.15) is 12.0 Å². The summed E-state index contributed by atoms with van der Waals surface area (Å²) in [5.74, 6) is -1.55. The highest BCUT2D eigenvalue weighted by Crippen LogP contribution is 2.21. The molecule has 0 aromatic heterocycles. The number of ether oxygens (including phenoxy) is 1. The first-order chi connectivity index (χ1) is 10.1. The summed E-state index contributed by atoms with van der Waals surface area (Å²) in [4.78, 5) is 12.2. The van der Waals surface area contributed by atoms with Crippen LogP contribution in [0.3, 0.4) is 0 Å². The highest BCUT2D eigenvalue weighted by atomic mass is 19.1. The van der Waals surface area contributed by atoms with Gasteiger partial charge in [-0.3, -0.25) is 0 Å². The second-order valence-electron chi connectivity index (χ2n) is 4.27. The van der Waals surface area contributed by atoms with Gasteiger partial charge in [-0.05, 0) is 23.8 Å². The molecule has 21 heavy (non-hydrogen) atoms. The normalized spacial score (nSPS) is 10.5. The van der Waals surface area contributed by atoms with Crippen molar-refractivity contribution >= 4 is 17.7 Å². The fourth-order valence-corrected chi connectivity index (χ4v) is 1.79. The van der Waals surface area contributed by atoms with Gasteiger partial charge in [0, 0.05) is 26.3 Å². The number of halogens is 1. The number of nitrogens with zero attached hydrogens (tertiary/aromatic N) is 2. The summed E-state index contributed by atoms with van der Waals surface area (Å²) in [6.45, 7) is 1.30. The van der Waals surface area contributed by atoms with E-state index in [2.05, 4.69) is 0 Å². The Morgan fingerprint density at radius 2 is 2.29 bits per heavy atom. The van der Waals surface area contributed by atoms with Crippen LogP contribution in [-0.4, -0.2) is 37.9 Å². The largest absolute Gasteiger partial charge is 0.478 e. The zero-order valence-corrected chi connectivity index (χ0v) is 11.8. The molecule has 1 N–H and O–H groups in total. The number of hydrogen-bond acceptors (Lipinski definition) is 4. The lowest BCUT2D eigenvalue weighted by Crippen LogP contribution is -2.29. The van der Waals surface area contributed by atoms with E-state index >= 15 is 0 Å². The van der Waals surface area contributed by atoms with Crippen LogP contribution in [0.2, 0.25) is 0 Å². The summed E-state index contributed by atoms with van der Waals surface area (Å²) >= 11 is 0. The van der Waals surface area contributed by atoms with Crippen LogP contribution in [0.25, 0.3) is 6.08 Å². The van der Waals surface area contributed by atoms with Crippen molar-refractivity contribution in [2.45, 2.75) is 6.42 Å². The molecule has 0 spiro atoms. The van der Waals surface area contributed by atoms with Gasteiger partial charge in [-0.1, -0.05) is 6.07 Å². The monoisotopic (exact) mass is 292 g/mol. The zero-order chi connectivity index (χ0) is 15.7. The summed E-state index contributed by atoms with van der Waals surface area (Å²) in [6.07, 6.45) is 2.56. The van der Waals surface area contributed by atoms with E-state index in [0.29, 0.717) is 30.9 Å². The molecule has 112 valence electrons. The predicted octanol–water partition coefficient (Wildman–Crippen LogP) is 2.29. The van der Waals surface area contributed by atoms with Gasteiger partial charge in [-0.15, -0.1) is 0 Å². The van der Waals surface area contributed by atoms with E-state index in [9.17, 15) is 9.18 Å². The van der Waals surface area contributed by atoms with Crippen LogP contribution < -0.4 is 4.90 Å². The van der Waals surface area contributed by atoms with Crippen LogP contribution in [0.15, 0.2) is 24.3 Å². The van der Waals surface area contributed by atoms with Gasteiger partial charge in [0.15, 0.2) is 0 Å². The van der Waals surface area contributed by atoms with Crippen LogP contribution in [-0.2, 0) is 9.53 Å². The minimum atomic E-state index is -1.09. The van der Waals surface area contributed by atoms with Crippen LogP contribution in [0.5, 0.6) is 0 Å². The smallest absolute Gasteiger partial charge is 0.328 e. The highest BCUT2D eigenvalue weighted by Gasteiger charge is 2.11. The number of hydrogen-bond donors (Lipinski definition) is 1. The number of rotatable bonds is 8. The van der Waals surface area contributed by atoms with Crippen molar-refractivity contribution in [3.63, 3.8) is 0 Å². The minimum Gasteiger partial charge on any atom is -0.478 e. The Balaban J connectivity index is 2.93. The average molecular weight is 292 g/mol. The number of nitriles is 1. The van der Waals surface area contributed by atoms with Gasteiger partial charge in [0.2, 0.25) is 0 Å². The molecule has 0 saturated carbocycles. The molecule has 0 radical (unpaired) electrons. The Labute approximate surface area is 122 Å². The van der Waals surface area contributed by atoms with E-state index in [4.69, 9.17) is 15.1 Å². The second-order valence-corrected chi connectivity index (χ2v) is 4.27. The lowest BCUT2D eigenvalue weighted by molar-refractivity contribution is -0.131.